The standard InChI is InChI=1S/C11H16Cl2N2O2S/c1-2-4-8(7-14)15-18(16,17)10-6-3-5-9(12)11(10)13/h3,5-6,8,15H,2,4,7,14H2,1H3. The average molecular weight is 311 g/mol. The summed E-state index contributed by atoms with van der Waals surface area (Å²) in [5, 5.41) is 0.235. The van der Waals surface area contributed by atoms with Crippen molar-refractivity contribution in [3.63, 3.8) is 0 Å². The van der Waals surface area contributed by atoms with Crippen molar-refractivity contribution in [1.29, 1.82) is 0 Å². The molecule has 0 radical (unpaired) electrons. The first-order valence-electron chi connectivity index (χ1n) is 5.58. The molecule has 7 heteroatoms. The number of sulfonamides is 1. The number of hydrogen-bond donors (Lipinski definition) is 2. The summed E-state index contributed by atoms with van der Waals surface area (Å²) < 4.78 is 26.8. The predicted octanol–water partition coefficient (Wildman–Crippen LogP) is 2.40. The van der Waals surface area contributed by atoms with E-state index >= 15 is 0 Å². The molecule has 0 aliphatic rings. The Morgan fingerprint density at radius 2 is 2.06 bits per heavy atom. The molecule has 1 rings (SSSR count). The van der Waals surface area contributed by atoms with Gasteiger partial charge in [0.05, 0.1) is 10.0 Å². The summed E-state index contributed by atoms with van der Waals surface area (Å²) in [6.45, 7) is 2.20. The zero-order chi connectivity index (χ0) is 13.8. The van der Waals surface area contributed by atoms with Crippen molar-refractivity contribution in [2.75, 3.05) is 6.54 Å². The van der Waals surface area contributed by atoms with Gasteiger partial charge in [-0.1, -0.05) is 42.6 Å². The van der Waals surface area contributed by atoms with Crippen molar-refractivity contribution < 1.29 is 8.42 Å². The van der Waals surface area contributed by atoms with Gasteiger partial charge in [0, 0.05) is 12.6 Å². The summed E-state index contributed by atoms with van der Waals surface area (Å²) in [4.78, 5) is -0.0220. The van der Waals surface area contributed by atoms with E-state index in [9.17, 15) is 8.42 Å². The van der Waals surface area contributed by atoms with Gasteiger partial charge in [-0.05, 0) is 18.6 Å². The first-order valence-corrected chi connectivity index (χ1v) is 7.82. The van der Waals surface area contributed by atoms with Crippen LogP contribution in [0.3, 0.4) is 0 Å². The fourth-order valence-corrected chi connectivity index (χ4v) is 3.59. The van der Waals surface area contributed by atoms with Crippen LogP contribution in [0.2, 0.25) is 10.0 Å². The number of rotatable bonds is 6. The minimum atomic E-state index is -3.69. The Morgan fingerprint density at radius 3 is 2.61 bits per heavy atom. The molecule has 3 N–H and O–H groups in total. The van der Waals surface area contributed by atoms with E-state index in [1.807, 2.05) is 6.92 Å². The summed E-state index contributed by atoms with van der Waals surface area (Å²) in [6.07, 6.45) is 1.52. The van der Waals surface area contributed by atoms with Gasteiger partial charge >= 0.3 is 0 Å². The minimum Gasteiger partial charge on any atom is -0.329 e. The molecule has 1 atom stereocenters. The Hall–Kier alpha value is -0.330. The van der Waals surface area contributed by atoms with Crippen LogP contribution in [0.25, 0.3) is 0 Å². The van der Waals surface area contributed by atoms with Gasteiger partial charge in [-0.25, -0.2) is 13.1 Å². The van der Waals surface area contributed by atoms with E-state index in [1.165, 1.54) is 12.1 Å². The lowest BCUT2D eigenvalue weighted by Crippen LogP contribution is -2.40. The second-order valence-corrected chi connectivity index (χ2v) is 6.36. The van der Waals surface area contributed by atoms with Gasteiger partial charge in [0.2, 0.25) is 10.0 Å². The molecule has 0 fully saturated rings. The molecule has 0 heterocycles. The molecule has 0 spiro atoms. The van der Waals surface area contributed by atoms with E-state index < -0.39 is 10.0 Å². The van der Waals surface area contributed by atoms with Crippen molar-refractivity contribution in [3.05, 3.63) is 28.2 Å². The van der Waals surface area contributed by atoms with Crippen LogP contribution in [0.4, 0.5) is 0 Å². The topological polar surface area (TPSA) is 72.2 Å². The zero-order valence-electron chi connectivity index (χ0n) is 9.99. The van der Waals surface area contributed by atoms with Gasteiger partial charge in [0.15, 0.2) is 0 Å². The number of nitrogens with one attached hydrogen (secondary N) is 1. The highest BCUT2D eigenvalue weighted by Crippen LogP contribution is 2.28. The Bertz CT molecular complexity index is 506. The van der Waals surface area contributed by atoms with Gasteiger partial charge in [-0.15, -0.1) is 0 Å². The molecular formula is C11H16Cl2N2O2S. The van der Waals surface area contributed by atoms with E-state index in [1.54, 1.807) is 6.07 Å². The zero-order valence-corrected chi connectivity index (χ0v) is 12.3. The van der Waals surface area contributed by atoms with Crippen LogP contribution in [0.1, 0.15) is 19.8 Å². The van der Waals surface area contributed by atoms with E-state index in [0.717, 1.165) is 6.42 Å². The van der Waals surface area contributed by atoms with Gasteiger partial charge in [0.25, 0.3) is 0 Å². The maximum atomic E-state index is 12.1. The second kappa shape index (κ2) is 6.73. The molecular weight excluding hydrogens is 295 g/mol. The quantitative estimate of drug-likeness (QED) is 0.847. The van der Waals surface area contributed by atoms with Gasteiger partial charge in [-0.3, -0.25) is 0 Å². The minimum absolute atomic E-state index is 0.0220. The van der Waals surface area contributed by atoms with Crippen molar-refractivity contribution in [2.24, 2.45) is 5.73 Å². The summed E-state index contributed by atoms with van der Waals surface area (Å²) in [5.41, 5.74) is 5.53. The molecule has 1 aromatic carbocycles. The Morgan fingerprint density at radius 1 is 1.39 bits per heavy atom. The normalized spacial score (nSPS) is 13.6. The third-order valence-corrected chi connectivity index (χ3v) is 4.94. The molecule has 0 amide bonds. The number of halogens is 2. The smallest absolute Gasteiger partial charge is 0.242 e. The molecule has 0 saturated carbocycles. The average Bonchev–Trinajstić information content (AvgIpc) is 2.31. The van der Waals surface area contributed by atoms with Crippen molar-refractivity contribution in [2.45, 2.75) is 30.7 Å². The van der Waals surface area contributed by atoms with Gasteiger partial charge in [0.1, 0.15) is 4.90 Å². The summed E-state index contributed by atoms with van der Waals surface area (Å²) in [5.74, 6) is 0. The number of hydrogen-bond acceptors (Lipinski definition) is 3. The van der Waals surface area contributed by atoms with Crippen LogP contribution >= 0.6 is 23.2 Å². The van der Waals surface area contributed by atoms with Crippen molar-refractivity contribution in [3.8, 4) is 0 Å². The maximum absolute atomic E-state index is 12.1. The molecule has 0 aromatic heterocycles. The Labute approximate surface area is 118 Å². The van der Waals surface area contributed by atoms with Crippen LogP contribution < -0.4 is 10.5 Å². The van der Waals surface area contributed by atoms with Gasteiger partial charge in [-0.2, -0.15) is 0 Å². The molecule has 1 aromatic rings. The molecule has 102 valence electrons. The lowest BCUT2D eigenvalue weighted by Gasteiger charge is -2.16. The fraction of sp³-hybridized carbons (Fsp3) is 0.455. The lowest BCUT2D eigenvalue weighted by molar-refractivity contribution is 0.527. The third-order valence-electron chi connectivity index (χ3n) is 2.45. The predicted molar refractivity (Wildman–Crippen MR) is 74.5 cm³/mol. The highest BCUT2D eigenvalue weighted by atomic mass is 35.5. The summed E-state index contributed by atoms with van der Waals surface area (Å²) >= 11 is 11.7. The monoisotopic (exact) mass is 310 g/mol. The number of benzene rings is 1. The summed E-state index contributed by atoms with van der Waals surface area (Å²) in [7, 11) is -3.69. The van der Waals surface area contributed by atoms with E-state index in [4.69, 9.17) is 28.9 Å². The van der Waals surface area contributed by atoms with Crippen molar-refractivity contribution >= 4 is 33.2 Å². The van der Waals surface area contributed by atoms with Crippen LogP contribution in [-0.4, -0.2) is 21.0 Å². The first-order chi connectivity index (χ1) is 8.42. The van der Waals surface area contributed by atoms with E-state index in [0.29, 0.717) is 6.42 Å². The molecule has 18 heavy (non-hydrogen) atoms. The Kier molecular flexibility index (Phi) is 5.88. The SMILES string of the molecule is CCCC(CN)NS(=O)(=O)c1cccc(Cl)c1Cl. The fourth-order valence-electron chi connectivity index (χ4n) is 1.55. The van der Waals surface area contributed by atoms with Crippen LogP contribution in [0, 0.1) is 0 Å². The first kappa shape index (κ1) is 15.7. The van der Waals surface area contributed by atoms with Crippen LogP contribution in [0.5, 0.6) is 0 Å². The lowest BCUT2D eigenvalue weighted by atomic mass is 10.2. The van der Waals surface area contributed by atoms with E-state index in [2.05, 4.69) is 4.72 Å². The largest absolute Gasteiger partial charge is 0.329 e. The van der Waals surface area contributed by atoms with Crippen LogP contribution in [-0.2, 0) is 10.0 Å². The molecule has 4 nitrogen and oxygen atoms in total. The number of nitrogens with two attached hydrogens (primary N) is 1. The second-order valence-electron chi connectivity index (χ2n) is 3.89. The van der Waals surface area contributed by atoms with E-state index in [-0.39, 0.29) is 27.5 Å². The van der Waals surface area contributed by atoms with Crippen LogP contribution in [0.15, 0.2) is 23.1 Å². The molecule has 0 aliphatic heterocycles. The molecule has 0 aliphatic carbocycles. The highest BCUT2D eigenvalue weighted by Gasteiger charge is 2.22. The highest BCUT2D eigenvalue weighted by molar-refractivity contribution is 7.89. The Balaban J connectivity index is 3.03. The summed E-state index contributed by atoms with van der Waals surface area (Å²) in [6, 6.07) is 4.20. The maximum Gasteiger partial charge on any atom is 0.242 e. The molecule has 0 saturated heterocycles. The van der Waals surface area contributed by atoms with Crippen molar-refractivity contribution in [1.82, 2.24) is 4.72 Å². The molecule has 1 unspecified atom stereocenters. The van der Waals surface area contributed by atoms with Gasteiger partial charge < -0.3 is 5.73 Å². The third kappa shape index (κ3) is 3.83. The molecule has 0 bridgehead atoms.